The normalized spacial score (nSPS) is 29.6. The monoisotopic (exact) mass is 534 g/mol. The highest BCUT2D eigenvalue weighted by molar-refractivity contribution is 5.95. The van der Waals surface area contributed by atoms with Gasteiger partial charge in [0, 0.05) is 30.2 Å². The zero-order valence-electron chi connectivity index (χ0n) is 19.7. The molecule has 3 N–H and O–H groups in total. The Kier molecular flexibility index (Phi) is 7.16. The third kappa shape index (κ3) is 4.87. The molecule has 13 heteroatoms. The predicted molar refractivity (Wildman–Crippen MR) is 116 cm³/mol. The third-order valence-electron chi connectivity index (χ3n) is 7.05. The number of amides is 1. The number of benzene rings is 1. The number of rotatable bonds is 6. The number of ether oxygens (including phenoxy) is 2. The number of halogens is 6. The first-order valence-electron chi connectivity index (χ1n) is 11.4. The van der Waals surface area contributed by atoms with Crippen LogP contribution >= 0.6 is 0 Å². The number of pyridine rings is 1. The van der Waals surface area contributed by atoms with E-state index in [-0.39, 0.29) is 24.1 Å². The van der Waals surface area contributed by atoms with Crippen LogP contribution in [0.3, 0.4) is 0 Å². The Bertz CT molecular complexity index is 1190. The molecule has 1 aromatic carbocycles. The van der Waals surface area contributed by atoms with Crippen molar-refractivity contribution >= 4 is 11.6 Å². The molecule has 1 saturated heterocycles. The van der Waals surface area contributed by atoms with E-state index < -0.39 is 83.3 Å². The lowest BCUT2D eigenvalue weighted by atomic mass is 9.76. The summed E-state index contributed by atoms with van der Waals surface area (Å²) in [5.74, 6) is -8.67. The van der Waals surface area contributed by atoms with Gasteiger partial charge in [-0.25, -0.2) is 8.78 Å². The van der Waals surface area contributed by atoms with E-state index in [0.29, 0.717) is 12.3 Å². The molecule has 37 heavy (non-hydrogen) atoms. The number of nitrogens with one attached hydrogen (secondary N) is 1. The van der Waals surface area contributed by atoms with Crippen molar-refractivity contribution in [2.45, 2.75) is 69.3 Å². The topological polar surface area (TPSA) is 101 Å². The highest BCUT2D eigenvalue weighted by atomic mass is 19.4. The number of alkyl halides is 3. The van der Waals surface area contributed by atoms with E-state index in [1.165, 1.54) is 0 Å². The maximum atomic E-state index is 14.9. The number of hydrogen-bond donors (Lipinski definition) is 3. The van der Waals surface area contributed by atoms with Crippen LogP contribution in [0.5, 0.6) is 5.75 Å². The predicted octanol–water partition coefficient (Wildman–Crippen LogP) is 3.97. The van der Waals surface area contributed by atoms with Crippen LogP contribution in [-0.4, -0.2) is 51.2 Å². The summed E-state index contributed by atoms with van der Waals surface area (Å²) in [6.07, 6.45) is -7.41. The summed E-state index contributed by atoms with van der Waals surface area (Å²) in [4.78, 5) is 16.8. The number of nitrogens with zero attached hydrogens (tertiary/aromatic N) is 1. The molecule has 1 saturated carbocycles. The zero-order chi connectivity index (χ0) is 27.3. The molecule has 0 radical (unpaired) electrons. The van der Waals surface area contributed by atoms with Crippen LogP contribution in [0.1, 0.15) is 43.9 Å². The van der Waals surface area contributed by atoms with E-state index in [9.17, 15) is 41.4 Å². The molecule has 2 aliphatic rings. The first kappa shape index (κ1) is 27.1. The second kappa shape index (κ2) is 9.76. The van der Waals surface area contributed by atoms with Crippen molar-refractivity contribution in [3.05, 3.63) is 53.1 Å². The first-order chi connectivity index (χ1) is 17.3. The molecule has 2 heterocycles. The summed E-state index contributed by atoms with van der Waals surface area (Å²) in [6, 6.07) is 2.72. The minimum Gasteiger partial charge on any atom is -0.487 e. The zero-order valence-corrected chi connectivity index (χ0v) is 19.7. The van der Waals surface area contributed by atoms with Gasteiger partial charge in [0.1, 0.15) is 12.2 Å². The van der Waals surface area contributed by atoms with Crippen LogP contribution in [0, 0.1) is 23.4 Å². The number of hydrogen-bond acceptors (Lipinski definition) is 6. The van der Waals surface area contributed by atoms with Crippen molar-refractivity contribution in [3.63, 3.8) is 0 Å². The Balaban J connectivity index is 1.77. The van der Waals surface area contributed by atoms with Gasteiger partial charge >= 0.3 is 6.18 Å². The third-order valence-corrected chi connectivity index (χ3v) is 7.05. The fourth-order valence-corrected chi connectivity index (χ4v) is 4.62. The Morgan fingerprint density at radius 3 is 2.51 bits per heavy atom. The van der Waals surface area contributed by atoms with Crippen molar-refractivity contribution in [2.75, 3.05) is 5.32 Å². The summed E-state index contributed by atoms with van der Waals surface area (Å²) in [6.45, 7) is 1.29. The molecule has 1 aliphatic carbocycles. The maximum Gasteiger partial charge on any atom is 0.417 e. The van der Waals surface area contributed by atoms with E-state index in [1.54, 1.807) is 0 Å². The largest absolute Gasteiger partial charge is 0.487 e. The van der Waals surface area contributed by atoms with Crippen LogP contribution in [0.25, 0.3) is 0 Å². The van der Waals surface area contributed by atoms with E-state index in [1.807, 2.05) is 0 Å². The van der Waals surface area contributed by atoms with Gasteiger partial charge in [0.25, 0.3) is 5.91 Å². The molecule has 7 nitrogen and oxygen atoms in total. The number of carbonyl (C=O) groups is 1. The van der Waals surface area contributed by atoms with Gasteiger partial charge in [0.05, 0.1) is 30.3 Å². The number of anilines is 1. The molecule has 2 aromatic rings. The molecular formula is C24H24F6N2O5. The molecule has 0 bridgehead atoms. The van der Waals surface area contributed by atoms with Gasteiger partial charge in [-0.05, 0) is 19.1 Å². The van der Waals surface area contributed by atoms with Crippen LogP contribution < -0.4 is 10.1 Å². The van der Waals surface area contributed by atoms with Crippen molar-refractivity contribution in [2.24, 2.45) is 5.92 Å². The van der Waals surface area contributed by atoms with Crippen molar-refractivity contribution < 1.29 is 50.8 Å². The van der Waals surface area contributed by atoms with E-state index in [2.05, 4.69) is 10.3 Å². The second-order valence-electron chi connectivity index (χ2n) is 9.41. The van der Waals surface area contributed by atoms with Crippen molar-refractivity contribution in [1.29, 1.82) is 0 Å². The van der Waals surface area contributed by atoms with Crippen LogP contribution in [0.4, 0.5) is 32.0 Å². The molecule has 2 fully saturated rings. The second-order valence-corrected chi connectivity index (χ2v) is 9.41. The molecule has 1 aromatic heterocycles. The maximum absolute atomic E-state index is 14.9. The van der Waals surface area contributed by atoms with Crippen LogP contribution in [0.15, 0.2) is 24.4 Å². The Labute approximate surface area is 207 Å². The molecule has 1 amide bonds. The van der Waals surface area contributed by atoms with E-state index in [4.69, 9.17) is 9.47 Å². The number of aliphatic hydroxyl groups excluding tert-OH is 2. The van der Waals surface area contributed by atoms with Crippen molar-refractivity contribution in [3.8, 4) is 5.75 Å². The molecule has 4 rings (SSSR count). The molecule has 1 aliphatic heterocycles. The first-order valence-corrected chi connectivity index (χ1v) is 11.4. The highest BCUT2D eigenvalue weighted by Crippen LogP contribution is 2.55. The van der Waals surface area contributed by atoms with Gasteiger partial charge in [-0.1, -0.05) is 13.0 Å². The fourth-order valence-electron chi connectivity index (χ4n) is 4.62. The van der Waals surface area contributed by atoms with Crippen LogP contribution in [-0.2, 0) is 16.1 Å². The Morgan fingerprint density at radius 2 is 1.92 bits per heavy atom. The molecule has 4 atom stereocenters. The minimum absolute atomic E-state index is 0.0203. The summed E-state index contributed by atoms with van der Waals surface area (Å²) in [5.41, 5.74) is -3.62. The average Bonchev–Trinajstić information content (AvgIpc) is 3.09. The Hall–Kier alpha value is -2.90. The van der Waals surface area contributed by atoms with Gasteiger partial charge in [-0.2, -0.15) is 17.6 Å². The lowest BCUT2D eigenvalue weighted by Crippen LogP contribution is -2.47. The SMILES string of the molecule is C[C@H]1[C@@H](c2ccc(F)c(F)c2O[C@H]2C[C@@H](O)C2)[C@H](C(=O)Nc2cc(CO)ncc2F)O[C@@]1(C)C(F)(F)F. The molecule has 0 unspecified atom stereocenters. The van der Waals surface area contributed by atoms with Gasteiger partial charge in [-0.3, -0.25) is 9.78 Å². The smallest absolute Gasteiger partial charge is 0.417 e. The van der Waals surface area contributed by atoms with E-state index >= 15 is 0 Å². The minimum atomic E-state index is -4.97. The van der Waals surface area contributed by atoms with Gasteiger partial charge in [0.15, 0.2) is 23.0 Å². The standard InChI is InChI=1S/C24H24F6N2O5/c1-10-18(14-3-4-15(25)19(27)20(14)36-13-6-12(34)7-13)21(37-23(10,2)24(28,29)30)22(35)32-17-5-11(9-33)31-8-16(17)26/h3-5,8,10,12-13,18,21,33-34H,6-7,9H2,1-2H3,(H,31,32,35)/t10-,12-,13+,18-,21+,23+/m0/s1. The van der Waals surface area contributed by atoms with Gasteiger partial charge in [-0.15, -0.1) is 0 Å². The molecular weight excluding hydrogens is 510 g/mol. The number of aliphatic hydroxyl groups is 2. The van der Waals surface area contributed by atoms with Crippen molar-refractivity contribution in [1.82, 2.24) is 4.98 Å². The number of aromatic nitrogens is 1. The summed E-state index contributed by atoms with van der Waals surface area (Å²) < 4.78 is 96.5. The fraction of sp³-hybridized carbons (Fsp3) is 0.500. The summed E-state index contributed by atoms with van der Waals surface area (Å²) in [5, 5.41) is 20.9. The van der Waals surface area contributed by atoms with Crippen LogP contribution in [0.2, 0.25) is 0 Å². The summed E-state index contributed by atoms with van der Waals surface area (Å²) >= 11 is 0. The lowest BCUT2D eigenvalue weighted by molar-refractivity contribution is -0.272. The quantitative estimate of drug-likeness (QED) is 0.485. The molecule has 0 spiro atoms. The lowest BCUT2D eigenvalue weighted by Gasteiger charge is -2.34. The number of carbonyl (C=O) groups excluding carboxylic acids is 1. The van der Waals surface area contributed by atoms with E-state index in [0.717, 1.165) is 26.0 Å². The summed E-state index contributed by atoms with van der Waals surface area (Å²) in [7, 11) is 0. The Morgan fingerprint density at radius 1 is 1.24 bits per heavy atom. The van der Waals surface area contributed by atoms with Gasteiger partial charge in [0.2, 0.25) is 5.82 Å². The highest BCUT2D eigenvalue weighted by Gasteiger charge is 2.66. The average molecular weight is 534 g/mol. The van der Waals surface area contributed by atoms with Gasteiger partial charge < -0.3 is 25.0 Å². The molecule has 202 valence electrons.